The first-order chi connectivity index (χ1) is 38.9. The standard InChI is InChI=1S/C67H90O13/c1-6-11-15-23-59(71)47-35-51-43-53-37-48(60(72)24-16-12-7-2)39-55(65(53)78-31-20-28-69)45-57-41-50(62(74)26-18-14-9-4)42-58(67(57)80-34-22-33-76-63(75)10-5)46-56-40-49(61(73)25-17-13-8-3)38-54(66(56)79-32-21-29-70)44-52(36-47)64(51)77-30-19-27-68/h10,35-42,68-70H,5-9,11-34,43-46H2,1-4H3. The number of ketones is 4. The molecule has 13 nitrogen and oxygen atoms in total. The highest BCUT2D eigenvalue weighted by atomic mass is 16.5. The van der Waals surface area contributed by atoms with E-state index < -0.39 is 5.97 Å². The number of ether oxygens (including phenoxy) is 5. The summed E-state index contributed by atoms with van der Waals surface area (Å²) in [6.45, 7) is 12.1. The number of hydrogen-bond acceptors (Lipinski definition) is 13. The molecular weight excluding hydrogens is 1010 g/mol. The maximum atomic E-state index is 14.5. The zero-order valence-electron chi connectivity index (χ0n) is 48.5. The van der Waals surface area contributed by atoms with Crippen LogP contribution >= 0.6 is 0 Å². The van der Waals surface area contributed by atoms with Crippen molar-refractivity contribution in [3.63, 3.8) is 0 Å². The van der Waals surface area contributed by atoms with Crippen molar-refractivity contribution in [2.24, 2.45) is 0 Å². The van der Waals surface area contributed by atoms with Gasteiger partial charge in [-0.3, -0.25) is 19.2 Å². The molecule has 4 aromatic carbocycles. The average Bonchev–Trinajstić information content (AvgIpc) is 3.47. The fourth-order valence-electron chi connectivity index (χ4n) is 10.2. The van der Waals surface area contributed by atoms with Crippen LogP contribution in [0.3, 0.4) is 0 Å². The van der Waals surface area contributed by atoms with E-state index in [9.17, 15) is 39.3 Å². The molecule has 436 valence electrons. The minimum atomic E-state index is -0.558. The molecule has 3 N–H and O–H groups in total. The first-order valence-electron chi connectivity index (χ1n) is 29.8. The molecule has 5 rings (SSSR count). The molecule has 0 aromatic heterocycles. The lowest BCUT2D eigenvalue weighted by Crippen LogP contribution is -2.14. The van der Waals surface area contributed by atoms with Gasteiger partial charge in [0.15, 0.2) is 23.1 Å². The summed E-state index contributed by atoms with van der Waals surface area (Å²) in [5.74, 6) is 1.19. The lowest BCUT2D eigenvalue weighted by Gasteiger charge is -2.25. The third kappa shape index (κ3) is 19.8. The molecule has 0 heterocycles. The summed E-state index contributed by atoms with van der Waals surface area (Å²) < 4.78 is 32.5. The summed E-state index contributed by atoms with van der Waals surface area (Å²) in [4.78, 5) is 70.1. The summed E-state index contributed by atoms with van der Waals surface area (Å²) in [7, 11) is 0. The lowest BCUT2D eigenvalue weighted by molar-refractivity contribution is -0.137. The van der Waals surface area contributed by atoms with Crippen LogP contribution in [0, 0.1) is 0 Å². The molecule has 4 aromatic rings. The largest absolute Gasteiger partial charge is 0.493 e. The summed E-state index contributed by atoms with van der Waals surface area (Å²) in [6.07, 6.45) is 14.3. The Bertz CT molecular complexity index is 2530. The maximum Gasteiger partial charge on any atom is 0.330 e. The Hall–Kier alpha value is -6.15. The van der Waals surface area contributed by atoms with Crippen molar-refractivity contribution < 1.29 is 63.0 Å². The van der Waals surface area contributed by atoms with Gasteiger partial charge in [0.05, 0.1) is 33.0 Å². The fourth-order valence-corrected chi connectivity index (χ4v) is 10.2. The molecular formula is C67H90O13. The first kappa shape index (κ1) is 64.7. The molecule has 0 spiro atoms. The molecule has 0 fully saturated rings. The molecule has 1 aliphatic carbocycles. The molecule has 80 heavy (non-hydrogen) atoms. The predicted molar refractivity (Wildman–Crippen MR) is 314 cm³/mol. The van der Waals surface area contributed by atoms with Crippen LogP contribution in [-0.4, -0.2) is 97.3 Å². The van der Waals surface area contributed by atoms with Crippen molar-refractivity contribution >= 4 is 29.1 Å². The number of hydrogen-bond donors (Lipinski definition) is 3. The molecule has 0 aliphatic heterocycles. The van der Waals surface area contributed by atoms with Crippen molar-refractivity contribution in [1.82, 2.24) is 0 Å². The van der Waals surface area contributed by atoms with Crippen molar-refractivity contribution in [2.45, 2.75) is 182 Å². The SMILES string of the molecule is C=CC(=O)OCCCOc1c2cc(C(=O)CCCCC)cc1Cc1cc(C(=O)CCCCC)cc(c1OCCCO)Cc1cc(C(=O)CCCCC)cc(c1OCCCO)Cc1cc(C(=O)CCCCC)cc(c1OCCCO)C2. The van der Waals surface area contributed by atoms with Crippen LogP contribution in [0.25, 0.3) is 0 Å². The van der Waals surface area contributed by atoms with Crippen molar-refractivity contribution in [2.75, 3.05) is 52.9 Å². The third-order valence-corrected chi connectivity index (χ3v) is 14.4. The Kier molecular flexibility index (Phi) is 28.7. The Morgan fingerprint density at radius 2 is 0.613 bits per heavy atom. The Morgan fingerprint density at radius 1 is 0.375 bits per heavy atom. The van der Waals surface area contributed by atoms with Gasteiger partial charge in [-0.25, -0.2) is 4.79 Å². The van der Waals surface area contributed by atoms with Crippen LogP contribution < -0.4 is 18.9 Å². The van der Waals surface area contributed by atoms with Gasteiger partial charge in [0.2, 0.25) is 0 Å². The number of esters is 1. The number of fused-ring (bicyclic) bond motifs is 8. The lowest BCUT2D eigenvalue weighted by atomic mass is 9.86. The number of carbonyl (C=O) groups is 5. The average molecular weight is 1100 g/mol. The topological polar surface area (TPSA) is 192 Å². The van der Waals surface area contributed by atoms with Gasteiger partial charge in [0, 0.05) is 125 Å². The van der Waals surface area contributed by atoms with Gasteiger partial charge in [-0.2, -0.15) is 0 Å². The third-order valence-electron chi connectivity index (χ3n) is 14.4. The number of carbonyl (C=O) groups excluding carboxylic acids is 5. The Balaban J connectivity index is 1.99. The van der Waals surface area contributed by atoms with Gasteiger partial charge in [-0.15, -0.1) is 0 Å². The second kappa shape index (κ2) is 35.6. The van der Waals surface area contributed by atoms with Gasteiger partial charge in [0.1, 0.15) is 23.0 Å². The van der Waals surface area contributed by atoms with Crippen LogP contribution in [0.2, 0.25) is 0 Å². The summed E-state index contributed by atoms with van der Waals surface area (Å²) in [6, 6.07) is 15.0. The van der Waals surface area contributed by atoms with Gasteiger partial charge in [-0.05, 0) is 119 Å². The van der Waals surface area contributed by atoms with Crippen LogP contribution in [0.5, 0.6) is 23.0 Å². The van der Waals surface area contributed by atoms with Crippen molar-refractivity contribution in [3.8, 4) is 23.0 Å². The zero-order valence-corrected chi connectivity index (χ0v) is 48.5. The zero-order chi connectivity index (χ0) is 57.7. The smallest absolute Gasteiger partial charge is 0.330 e. The van der Waals surface area contributed by atoms with E-state index in [0.29, 0.717) is 167 Å². The second-order valence-corrected chi connectivity index (χ2v) is 21.1. The minimum Gasteiger partial charge on any atom is -0.493 e. The summed E-state index contributed by atoms with van der Waals surface area (Å²) >= 11 is 0. The first-order valence-corrected chi connectivity index (χ1v) is 29.8. The molecule has 13 heteroatoms. The predicted octanol–water partition coefficient (Wildman–Crippen LogP) is 13.2. The van der Waals surface area contributed by atoms with E-state index in [1.54, 1.807) is 0 Å². The normalized spacial score (nSPS) is 11.9. The van der Waals surface area contributed by atoms with Crippen LogP contribution in [-0.2, 0) is 35.2 Å². The molecule has 0 radical (unpaired) electrons. The van der Waals surface area contributed by atoms with E-state index >= 15 is 0 Å². The summed E-state index contributed by atoms with van der Waals surface area (Å²) in [5.41, 5.74) is 7.06. The quantitative estimate of drug-likeness (QED) is 0.0146. The molecule has 1 aliphatic rings. The van der Waals surface area contributed by atoms with E-state index in [-0.39, 0.29) is 102 Å². The Labute approximate surface area is 475 Å². The molecule has 0 saturated heterocycles. The number of unbranched alkanes of at least 4 members (excludes halogenated alkanes) is 8. The van der Waals surface area contributed by atoms with Crippen LogP contribution in [0.15, 0.2) is 61.2 Å². The molecule has 0 saturated carbocycles. The number of benzene rings is 4. The van der Waals surface area contributed by atoms with E-state index in [2.05, 4.69) is 34.3 Å². The van der Waals surface area contributed by atoms with E-state index in [4.69, 9.17) is 23.7 Å². The highest BCUT2D eigenvalue weighted by molar-refractivity contribution is 5.99. The summed E-state index contributed by atoms with van der Waals surface area (Å²) in [5, 5.41) is 30.3. The minimum absolute atomic E-state index is 0.0397. The van der Waals surface area contributed by atoms with Crippen molar-refractivity contribution in [1.29, 1.82) is 0 Å². The number of Topliss-reactive ketones (excluding diaryl/α,β-unsaturated/α-hetero) is 4. The highest BCUT2D eigenvalue weighted by Gasteiger charge is 2.27. The van der Waals surface area contributed by atoms with E-state index in [0.717, 1.165) is 57.4 Å². The fraction of sp³-hybridized carbons (Fsp3) is 0.537. The monoisotopic (exact) mass is 1100 g/mol. The van der Waals surface area contributed by atoms with Gasteiger partial charge >= 0.3 is 5.97 Å². The Morgan fingerprint density at radius 3 is 0.825 bits per heavy atom. The van der Waals surface area contributed by atoms with Crippen LogP contribution in [0.4, 0.5) is 0 Å². The second-order valence-electron chi connectivity index (χ2n) is 21.1. The molecule has 0 unspecified atom stereocenters. The van der Waals surface area contributed by atoms with Crippen molar-refractivity contribution in [3.05, 3.63) is 128 Å². The van der Waals surface area contributed by atoms with Gasteiger partial charge < -0.3 is 39.0 Å². The number of aliphatic hydroxyl groups excluding tert-OH is 3. The molecule has 0 amide bonds. The molecule has 0 atom stereocenters. The maximum absolute atomic E-state index is 14.5. The number of rotatable bonds is 38. The molecule has 8 bridgehead atoms. The number of aliphatic hydroxyl groups is 3. The highest BCUT2D eigenvalue weighted by Crippen LogP contribution is 2.42. The van der Waals surface area contributed by atoms with Gasteiger partial charge in [0.25, 0.3) is 0 Å². The van der Waals surface area contributed by atoms with Crippen LogP contribution in [0.1, 0.15) is 242 Å². The van der Waals surface area contributed by atoms with Gasteiger partial charge in [-0.1, -0.05) is 85.6 Å². The van der Waals surface area contributed by atoms with E-state index in [1.807, 2.05) is 48.5 Å². The van der Waals surface area contributed by atoms with E-state index in [1.165, 1.54) is 0 Å².